The minimum absolute atomic E-state index is 0.0148. The molecule has 1 heterocycles. The van der Waals surface area contributed by atoms with Gasteiger partial charge in [-0.1, -0.05) is 6.92 Å². The highest BCUT2D eigenvalue weighted by Crippen LogP contribution is 2.00. The number of rotatable bonds is 3. The predicted octanol–water partition coefficient (Wildman–Crippen LogP) is -0.713. The van der Waals surface area contributed by atoms with Crippen LogP contribution in [0.4, 0.5) is 0 Å². The quantitative estimate of drug-likeness (QED) is 0.673. The van der Waals surface area contributed by atoms with E-state index >= 15 is 0 Å². The zero-order chi connectivity index (χ0) is 11.3. The van der Waals surface area contributed by atoms with E-state index in [0.717, 1.165) is 32.7 Å². The van der Waals surface area contributed by atoms with Gasteiger partial charge in [0.05, 0.1) is 6.54 Å². The molecule has 0 radical (unpaired) electrons. The summed E-state index contributed by atoms with van der Waals surface area (Å²) in [5.41, 5.74) is 0. The number of hydrogen-bond donors (Lipinski definition) is 1. The molecule has 1 aliphatic rings. The van der Waals surface area contributed by atoms with Crippen LogP contribution in [0.15, 0.2) is 0 Å². The topological polar surface area (TPSA) is 52.6 Å². The van der Waals surface area contributed by atoms with Crippen molar-refractivity contribution in [3.8, 4) is 0 Å². The molecule has 0 aromatic rings. The average molecular weight is 213 g/mol. The van der Waals surface area contributed by atoms with Gasteiger partial charge in [-0.15, -0.1) is 0 Å². The van der Waals surface area contributed by atoms with Gasteiger partial charge in [-0.05, 0) is 6.54 Å². The molecule has 0 spiro atoms. The van der Waals surface area contributed by atoms with Gasteiger partial charge in [0.25, 0.3) is 0 Å². The van der Waals surface area contributed by atoms with E-state index in [1.165, 1.54) is 6.92 Å². The fraction of sp³-hybridized carbons (Fsp3) is 0.800. The van der Waals surface area contributed by atoms with Crippen LogP contribution in [-0.2, 0) is 9.59 Å². The molecular formula is C10H19N3O2. The van der Waals surface area contributed by atoms with Crippen molar-refractivity contribution in [2.24, 2.45) is 0 Å². The minimum Gasteiger partial charge on any atom is -0.347 e. The third kappa shape index (κ3) is 3.87. The highest BCUT2D eigenvalue weighted by Gasteiger charge is 2.19. The van der Waals surface area contributed by atoms with Gasteiger partial charge in [0.15, 0.2) is 0 Å². The van der Waals surface area contributed by atoms with Crippen molar-refractivity contribution in [3.63, 3.8) is 0 Å². The molecule has 1 fully saturated rings. The normalized spacial score (nSPS) is 17.6. The van der Waals surface area contributed by atoms with Crippen molar-refractivity contribution in [1.29, 1.82) is 0 Å². The van der Waals surface area contributed by atoms with E-state index in [1.54, 1.807) is 0 Å². The molecule has 1 saturated heterocycles. The summed E-state index contributed by atoms with van der Waals surface area (Å²) in [4.78, 5) is 26.3. The molecule has 0 aromatic heterocycles. The van der Waals surface area contributed by atoms with Crippen molar-refractivity contribution in [3.05, 3.63) is 0 Å². The van der Waals surface area contributed by atoms with Crippen molar-refractivity contribution in [2.75, 3.05) is 39.3 Å². The maximum absolute atomic E-state index is 11.6. The summed E-state index contributed by atoms with van der Waals surface area (Å²) in [5.74, 6) is -0.142. The third-order valence-corrected chi connectivity index (χ3v) is 2.66. The summed E-state index contributed by atoms with van der Waals surface area (Å²) in [6.45, 7) is 8.11. The van der Waals surface area contributed by atoms with E-state index < -0.39 is 0 Å². The second-order valence-electron chi connectivity index (χ2n) is 3.72. The Balaban J connectivity index is 2.27. The monoisotopic (exact) mass is 213 g/mol. The fourth-order valence-electron chi connectivity index (χ4n) is 1.63. The number of likely N-dealkylation sites (N-methyl/N-ethyl adjacent to an activating group) is 1. The highest BCUT2D eigenvalue weighted by molar-refractivity contribution is 5.83. The summed E-state index contributed by atoms with van der Waals surface area (Å²) in [5, 5.41) is 2.52. The molecule has 1 rings (SSSR count). The van der Waals surface area contributed by atoms with Gasteiger partial charge >= 0.3 is 0 Å². The first kappa shape index (κ1) is 12.0. The second kappa shape index (κ2) is 5.70. The Morgan fingerprint density at radius 1 is 1.20 bits per heavy atom. The molecule has 5 nitrogen and oxygen atoms in total. The van der Waals surface area contributed by atoms with Crippen LogP contribution >= 0.6 is 0 Å². The van der Waals surface area contributed by atoms with E-state index in [-0.39, 0.29) is 18.4 Å². The molecular weight excluding hydrogens is 194 g/mol. The lowest BCUT2D eigenvalue weighted by molar-refractivity contribution is -0.133. The largest absolute Gasteiger partial charge is 0.347 e. The predicted molar refractivity (Wildman–Crippen MR) is 57.4 cm³/mol. The zero-order valence-electron chi connectivity index (χ0n) is 9.45. The molecule has 15 heavy (non-hydrogen) atoms. The molecule has 0 bridgehead atoms. The van der Waals surface area contributed by atoms with Crippen molar-refractivity contribution in [2.45, 2.75) is 13.8 Å². The van der Waals surface area contributed by atoms with Crippen LogP contribution < -0.4 is 5.32 Å². The molecule has 0 unspecified atom stereocenters. The number of hydrogen-bond acceptors (Lipinski definition) is 3. The third-order valence-electron chi connectivity index (χ3n) is 2.66. The second-order valence-corrected chi connectivity index (χ2v) is 3.72. The first-order valence-corrected chi connectivity index (χ1v) is 5.38. The highest BCUT2D eigenvalue weighted by atomic mass is 16.2. The minimum atomic E-state index is -0.157. The number of amides is 2. The van der Waals surface area contributed by atoms with Gasteiger partial charge in [0, 0.05) is 33.1 Å². The van der Waals surface area contributed by atoms with Crippen molar-refractivity contribution < 1.29 is 9.59 Å². The smallest absolute Gasteiger partial charge is 0.242 e. The van der Waals surface area contributed by atoms with E-state index in [1.807, 2.05) is 4.90 Å². The Kier molecular flexibility index (Phi) is 4.55. The number of carbonyl (C=O) groups excluding carboxylic acids is 2. The van der Waals surface area contributed by atoms with Gasteiger partial charge in [-0.2, -0.15) is 0 Å². The summed E-state index contributed by atoms with van der Waals surface area (Å²) in [7, 11) is 0. The van der Waals surface area contributed by atoms with Crippen molar-refractivity contribution in [1.82, 2.24) is 15.1 Å². The van der Waals surface area contributed by atoms with E-state index in [9.17, 15) is 9.59 Å². The SMILES string of the molecule is CCN1CCN(C(=O)CNC(C)=O)CC1. The molecule has 0 atom stereocenters. The fourth-order valence-corrected chi connectivity index (χ4v) is 1.63. The number of nitrogens with one attached hydrogen (secondary N) is 1. The van der Waals surface area contributed by atoms with Crippen LogP contribution in [-0.4, -0.2) is 60.9 Å². The molecule has 0 aliphatic carbocycles. The number of nitrogens with zero attached hydrogens (tertiary/aromatic N) is 2. The van der Waals surface area contributed by atoms with Crippen LogP contribution in [0.5, 0.6) is 0 Å². The Bertz CT molecular complexity index is 235. The molecule has 0 aromatic carbocycles. The van der Waals surface area contributed by atoms with Crippen molar-refractivity contribution >= 4 is 11.8 Å². The molecule has 2 amide bonds. The van der Waals surface area contributed by atoms with Gasteiger partial charge in [-0.3, -0.25) is 9.59 Å². The van der Waals surface area contributed by atoms with E-state index in [4.69, 9.17) is 0 Å². The van der Waals surface area contributed by atoms with E-state index in [2.05, 4.69) is 17.1 Å². The molecule has 86 valence electrons. The van der Waals surface area contributed by atoms with Crippen LogP contribution in [0.1, 0.15) is 13.8 Å². The first-order valence-electron chi connectivity index (χ1n) is 5.38. The van der Waals surface area contributed by atoms with Gasteiger partial charge < -0.3 is 15.1 Å². The van der Waals surface area contributed by atoms with Gasteiger partial charge in [-0.25, -0.2) is 0 Å². The summed E-state index contributed by atoms with van der Waals surface area (Å²) in [6, 6.07) is 0. The van der Waals surface area contributed by atoms with Crippen LogP contribution in [0.2, 0.25) is 0 Å². The lowest BCUT2D eigenvalue weighted by Crippen LogP contribution is -2.50. The molecule has 1 aliphatic heterocycles. The van der Waals surface area contributed by atoms with Crippen LogP contribution in [0.3, 0.4) is 0 Å². The van der Waals surface area contributed by atoms with E-state index in [0.29, 0.717) is 0 Å². The maximum atomic E-state index is 11.6. The average Bonchev–Trinajstić information content (AvgIpc) is 2.26. The standard InChI is InChI=1S/C10H19N3O2/c1-3-12-4-6-13(7-5-12)10(15)8-11-9(2)14/h3-8H2,1-2H3,(H,11,14). The summed E-state index contributed by atoms with van der Waals surface area (Å²) >= 11 is 0. The van der Waals surface area contributed by atoms with Gasteiger partial charge in [0.1, 0.15) is 0 Å². The Morgan fingerprint density at radius 3 is 2.27 bits per heavy atom. The lowest BCUT2D eigenvalue weighted by Gasteiger charge is -2.34. The van der Waals surface area contributed by atoms with Crippen LogP contribution in [0, 0.1) is 0 Å². The Labute approximate surface area is 90.4 Å². The summed E-state index contributed by atoms with van der Waals surface area (Å²) < 4.78 is 0. The maximum Gasteiger partial charge on any atom is 0.242 e. The van der Waals surface area contributed by atoms with Gasteiger partial charge in [0.2, 0.25) is 11.8 Å². The summed E-state index contributed by atoms with van der Waals surface area (Å²) in [6.07, 6.45) is 0. The molecule has 1 N–H and O–H groups in total. The Morgan fingerprint density at radius 2 is 1.80 bits per heavy atom. The Hall–Kier alpha value is -1.10. The lowest BCUT2D eigenvalue weighted by atomic mass is 10.3. The molecule has 5 heteroatoms. The number of piperazine rings is 1. The number of carbonyl (C=O) groups is 2. The zero-order valence-corrected chi connectivity index (χ0v) is 9.45. The molecule has 0 saturated carbocycles. The first-order chi connectivity index (χ1) is 7.13. The van der Waals surface area contributed by atoms with Crippen LogP contribution in [0.25, 0.3) is 0 Å².